The Balaban J connectivity index is 2.16. The van der Waals surface area contributed by atoms with Gasteiger partial charge in [-0.05, 0) is 50.7 Å². The summed E-state index contributed by atoms with van der Waals surface area (Å²) in [6.07, 6.45) is 0.0546. The number of thiocarbonyl (C=S) groups is 1. The van der Waals surface area contributed by atoms with E-state index in [0.29, 0.717) is 29.5 Å². The van der Waals surface area contributed by atoms with Gasteiger partial charge in [-0.1, -0.05) is 12.1 Å². The number of hydrogen-bond acceptors (Lipinski definition) is 7. The molecule has 0 saturated carbocycles. The van der Waals surface area contributed by atoms with Crippen LogP contribution in [0.25, 0.3) is 0 Å². The second kappa shape index (κ2) is 12.9. The van der Waals surface area contributed by atoms with E-state index < -0.39 is 18.0 Å². The van der Waals surface area contributed by atoms with Gasteiger partial charge in [0.1, 0.15) is 6.61 Å². The van der Waals surface area contributed by atoms with Crippen LogP contribution in [0.2, 0.25) is 0 Å². The maximum Gasteiger partial charge on any atom is 0.338 e. The first-order valence-electron chi connectivity index (χ1n) is 10.8. The molecule has 0 aromatic heterocycles. The SMILES string of the molecule is CCOC(=O)CCC(=O)Nc1ccc(C2NC(=S)N(CC)C(C)=C2C(=O)OCCOC)cc1. The van der Waals surface area contributed by atoms with Gasteiger partial charge in [-0.3, -0.25) is 9.59 Å². The van der Waals surface area contributed by atoms with E-state index in [-0.39, 0.29) is 32.0 Å². The lowest BCUT2D eigenvalue weighted by molar-refractivity contribution is -0.144. The van der Waals surface area contributed by atoms with Crippen molar-refractivity contribution in [3.63, 3.8) is 0 Å². The van der Waals surface area contributed by atoms with Gasteiger partial charge in [-0.15, -0.1) is 0 Å². The van der Waals surface area contributed by atoms with Crippen molar-refractivity contribution in [3.05, 3.63) is 41.1 Å². The molecule has 10 heteroatoms. The average molecular weight is 478 g/mol. The minimum Gasteiger partial charge on any atom is -0.466 e. The summed E-state index contributed by atoms with van der Waals surface area (Å²) in [6.45, 7) is 6.85. The highest BCUT2D eigenvalue weighted by molar-refractivity contribution is 7.80. The Hall–Kier alpha value is -2.98. The molecule has 0 bridgehead atoms. The third kappa shape index (κ3) is 7.26. The van der Waals surface area contributed by atoms with Crippen molar-refractivity contribution < 1.29 is 28.6 Å². The summed E-state index contributed by atoms with van der Waals surface area (Å²) in [5, 5.41) is 6.49. The van der Waals surface area contributed by atoms with E-state index in [1.165, 1.54) is 7.11 Å². The van der Waals surface area contributed by atoms with Gasteiger partial charge < -0.3 is 29.7 Å². The van der Waals surface area contributed by atoms with Gasteiger partial charge in [-0.25, -0.2) is 4.79 Å². The Bertz CT molecular complexity index is 900. The molecule has 2 N–H and O–H groups in total. The van der Waals surface area contributed by atoms with Crippen LogP contribution in [0.1, 0.15) is 45.2 Å². The van der Waals surface area contributed by atoms with Crippen molar-refractivity contribution in [2.24, 2.45) is 0 Å². The molecule has 1 aliphatic heterocycles. The number of nitrogens with zero attached hydrogens (tertiary/aromatic N) is 1. The first-order chi connectivity index (χ1) is 15.8. The molecule has 1 amide bonds. The van der Waals surface area contributed by atoms with E-state index >= 15 is 0 Å². The minimum atomic E-state index is -0.496. The lowest BCUT2D eigenvalue weighted by Crippen LogP contribution is -2.47. The van der Waals surface area contributed by atoms with Crippen LogP contribution >= 0.6 is 12.2 Å². The number of benzene rings is 1. The predicted molar refractivity (Wildman–Crippen MR) is 127 cm³/mol. The summed E-state index contributed by atoms with van der Waals surface area (Å²) in [5.74, 6) is -1.14. The summed E-state index contributed by atoms with van der Waals surface area (Å²) >= 11 is 5.49. The second-order valence-electron chi connectivity index (χ2n) is 7.23. The molecule has 0 radical (unpaired) electrons. The number of anilines is 1. The molecule has 180 valence electrons. The van der Waals surface area contributed by atoms with Crippen LogP contribution in [0, 0.1) is 0 Å². The Morgan fingerprint density at radius 3 is 2.39 bits per heavy atom. The van der Waals surface area contributed by atoms with Crippen molar-refractivity contribution in [2.45, 2.75) is 39.7 Å². The van der Waals surface area contributed by atoms with E-state index in [4.69, 9.17) is 26.4 Å². The van der Waals surface area contributed by atoms with Crippen LogP contribution in [0.4, 0.5) is 5.69 Å². The largest absolute Gasteiger partial charge is 0.466 e. The van der Waals surface area contributed by atoms with Crippen LogP contribution in [0.3, 0.4) is 0 Å². The van der Waals surface area contributed by atoms with E-state index in [1.54, 1.807) is 31.2 Å². The van der Waals surface area contributed by atoms with Gasteiger partial charge in [0, 0.05) is 31.5 Å². The summed E-state index contributed by atoms with van der Waals surface area (Å²) in [7, 11) is 1.54. The van der Waals surface area contributed by atoms with Crippen molar-refractivity contribution in [2.75, 3.05) is 38.8 Å². The molecule has 0 saturated heterocycles. The Morgan fingerprint density at radius 1 is 1.09 bits per heavy atom. The molecule has 0 fully saturated rings. The number of esters is 2. The van der Waals surface area contributed by atoms with Crippen molar-refractivity contribution in [1.82, 2.24) is 10.2 Å². The molecule has 1 unspecified atom stereocenters. The number of carbonyl (C=O) groups is 3. The van der Waals surface area contributed by atoms with Gasteiger partial charge in [0.05, 0.1) is 31.2 Å². The smallest absolute Gasteiger partial charge is 0.338 e. The fraction of sp³-hybridized carbons (Fsp3) is 0.478. The fourth-order valence-electron chi connectivity index (χ4n) is 3.40. The number of nitrogens with one attached hydrogen (secondary N) is 2. The number of carbonyl (C=O) groups excluding carboxylic acids is 3. The molecular weight excluding hydrogens is 446 g/mol. The van der Waals surface area contributed by atoms with Crippen molar-refractivity contribution in [1.29, 1.82) is 0 Å². The molecule has 1 atom stereocenters. The van der Waals surface area contributed by atoms with E-state index in [1.807, 2.05) is 18.7 Å². The Kier molecular flexibility index (Phi) is 10.3. The molecule has 9 nitrogen and oxygen atoms in total. The quantitative estimate of drug-likeness (QED) is 0.283. The van der Waals surface area contributed by atoms with Gasteiger partial charge in [0.2, 0.25) is 5.91 Å². The van der Waals surface area contributed by atoms with Crippen LogP contribution in [0.15, 0.2) is 35.5 Å². The zero-order valence-electron chi connectivity index (χ0n) is 19.4. The van der Waals surface area contributed by atoms with Gasteiger partial charge in [0.15, 0.2) is 5.11 Å². The number of methoxy groups -OCH3 is 1. The molecule has 1 aliphatic rings. The summed E-state index contributed by atoms with van der Waals surface area (Å²) < 4.78 is 15.2. The lowest BCUT2D eigenvalue weighted by Gasteiger charge is -2.37. The summed E-state index contributed by atoms with van der Waals surface area (Å²) in [4.78, 5) is 38.2. The lowest BCUT2D eigenvalue weighted by atomic mass is 9.95. The minimum absolute atomic E-state index is 0.0216. The molecule has 0 aliphatic carbocycles. The molecule has 1 heterocycles. The molecule has 2 rings (SSSR count). The highest BCUT2D eigenvalue weighted by Crippen LogP contribution is 2.32. The maximum atomic E-state index is 12.9. The average Bonchev–Trinajstić information content (AvgIpc) is 2.78. The third-order valence-electron chi connectivity index (χ3n) is 5.04. The van der Waals surface area contributed by atoms with Gasteiger partial charge in [-0.2, -0.15) is 0 Å². The number of amides is 1. The van der Waals surface area contributed by atoms with Crippen LogP contribution in [0.5, 0.6) is 0 Å². The number of rotatable bonds is 11. The number of hydrogen-bond donors (Lipinski definition) is 2. The highest BCUT2D eigenvalue weighted by Gasteiger charge is 2.34. The van der Waals surface area contributed by atoms with Crippen molar-refractivity contribution >= 4 is 40.9 Å². The molecule has 0 spiro atoms. The third-order valence-corrected chi connectivity index (χ3v) is 5.38. The second-order valence-corrected chi connectivity index (χ2v) is 7.62. The van der Waals surface area contributed by atoms with E-state index in [0.717, 1.165) is 11.3 Å². The first-order valence-corrected chi connectivity index (χ1v) is 11.2. The van der Waals surface area contributed by atoms with E-state index in [2.05, 4.69) is 10.6 Å². The zero-order chi connectivity index (χ0) is 24.4. The maximum absolute atomic E-state index is 12.9. The predicted octanol–water partition coefficient (Wildman–Crippen LogP) is 2.68. The molecule has 33 heavy (non-hydrogen) atoms. The molecule has 1 aromatic carbocycles. The number of ether oxygens (including phenoxy) is 3. The number of allylic oxidation sites excluding steroid dienone is 1. The fourth-order valence-corrected chi connectivity index (χ4v) is 3.79. The normalized spacial score (nSPS) is 15.7. The standard InChI is InChI=1S/C23H31N3O6S/c1-5-26-15(3)20(22(29)32-14-13-30-4)21(25-23(26)33)16-7-9-17(10-8-16)24-18(27)11-12-19(28)31-6-2/h7-10,21H,5-6,11-14H2,1-4H3,(H,24,27)(H,25,33). The Morgan fingerprint density at radius 2 is 1.79 bits per heavy atom. The van der Waals surface area contributed by atoms with Crippen LogP contribution in [-0.4, -0.2) is 61.3 Å². The highest BCUT2D eigenvalue weighted by atomic mass is 32.1. The van der Waals surface area contributed by atoms with Gasteiger partial charge >= 0.3 is 11.9 Å². The summed E-state index contributed by atoms with van der Waals surface area (Å²) in [5.41, 5.74) is 2.56. The van der Waals surface area contributed by atoms with Crippen LogP contribution < -0.4 is 10.6 Å². The summed E-state index contributed by atoms with van der Waals surface area (Å²) in [6, 6.07) is 6.58. The van der Waals surface area contributed by atoms with Crippen molar-refractivity contribution in [3.8, 4) is 0 Å². The Labute approximate surface area is 199 Å². The molecular formula is C23H31N3O6S. The van der Waals surface area contributed by atoms with E-state index in [9.17, 15) is 14.4 Å². The van der Waals surface area contributed by atoms with Gasteiger partial charge in [0.25, 0.3) is 0 Å². The topological polar surface area (TPSA) is 106 Å². The van der Waals surface area contributed by atoms with Crippen LogP contribution in [-0.2, 0) is 28.6 Å². The monoisotopic (exact) mass is 477 g/mol. The first kappa shape index (κ1) is 26.3. The molecule has 1 aromatic rings. The zero-order valence-corrected chi connectivity index (χ0v) is 20.3.